The van der Waals surface area contributed by atoms with Gasteiger partial charge >= 0.3 is 11.9 Å². The smallest absolute Gasteiger partial charge is 0.328 e. The number of nitrogens with one attached hydrogen (secondary N) is 2. The van der Waals surface area contributed by atoms with Crippen LogP contribution in [-0.2, 0) is 16.0 Å². The number of rotatable bonds is 8. The first-order chi connectivity index (χ1) is 12.9. The summed E-state index contributed by atoms with van der Waals surface area (Å²) in [5.41, 5.74) is 3.68. The second kappa shape index (κ2) is 11.8. The number of amides is 1. The number of aryl methyl sites for hydroxylation is 1. The topological polar surface area (TPSA) is 168 Å². The van der Waals surface area contributed by atoms with E-state index in [4.69, 9.17) is 20.8 Å². The lowest BCUT2D eigenvalue weighted by Gasteiger charge is -2.06. The van der Waals surface area contributed by atoms with E-state index in [0.29, 0.717) is 24.3 Å². The molecule has 144 valence electrons. The molecule has 1 aromatic carbocycles. The van der Waals surface area contributed by atoms with Crippen molar-refractivity contribution < 1.29 is 29.3 Å². The van der Waals surface area contributed by atoms with Crippen molar-refractivity contribution in [2.24, 2.45) is 5.84 Å². The fourth-order valence-electron chi connectivity index (χ4n) is 1.80. The Bertz CT molecular complexity index is 740. The summed E-state index contributed by atoms with van der Waals surface area (Å²) in [6, 6.07) is 6.85. The number of hydrogen-bond acceptors (Lipinski definition) is 6. The zero-order chi connectivity index (χ0) is 20.1. The summed E-state index contributed by atoms with van der Waals surface area (Å²) in [4.78, 5) is 37.3. The van der Waals surface area contributed by atoms with Gasteiger partial charge in [-0.15, -0.1) is 0 Å². The monoisotopic (exact) mass is 376 g/mol. The highest BCUT2D eigenvalue weighted by Crippen LogP contribution is 2.12. The van der Waals surface area contributed by atoms with Gasteiger partial charge in [-0.3, -0.25) is 10.2 Å². The maximum atomic E-state index is 11.2. The molecular formula is C17H20N4O6. The maximum absolute atomic E-state index is 11.2. The molecule has 0 unspecified atom stereocenters. The Morgan fingerprint density at radius 2 is 1.78 bits per heavy atom. The van der Waals surface area contributed by atoms with Gasteiger partial charge in [-0.25, -0.2) is 20.4 Å². The molecule has 27 heavy (non-hydrogen) atoms. The van der Waals surface area contributed by atoms with E-state index in [1.807, 2.05) is 0 Å². The first kappa shape index (κ1) is 21.4. The number of aliphatic carboxylic acids is 2. The van der Waals surface area contributed by atoms with Crippen molar-refractivity contribution in [3.63, 3.8) is 0 Å². The number of ether oxygens (including phenoxy) is 1. The molecule has 2 rings (SSSR count). The van der Waals surface area contributed by atoms with Crippen molar-refractivity contribution in [3.05, 3.63) is 60.2 Å². The van der Waals surface area contributed by atoms with Crippen molar-refractivity contribution in [1.29, 1.82) is 0 Å². The standard InChI is InChI=1S/C13H16N4O2.C4H4O4/c14-17-13(18)10-3-5-12(6-4-10)19-7-1-2-11-8-15-9-16-11;5-3(6)1-2-4(7)8/h3-6,8-9H,1-2,7,14H2,(H,15,16)(H,17,18);1-2H,(H,5,6)(H,7,8)/b;2-1-. The molecule has 0 spiro atoms. The van der Waals surface area contributed by atoms with Gasteiger partial charge in [-0.1, -0.05) is 0 Å². The van der Waals surface area contributed by atoms with Crippen LogP contribution >= 0.6 is 0 Å². The molecule has 1 aromatic heterocycles. The summed E-state index contributed by atoms with van der Waals surface area (Å²) in [7, 11) is 0. The number of nitrogen functional groups attached to an aromatic ring is 1. The van der Waals surface area contributed by atoms with Gasteiger partial charge < -0.3 is 19.9 Å². The molecule has 0 aliphatic rings. The fraction of sp³-hybridized carbons (Fsp3) is 0.176. The van der Waals surface area contributed by atoms with Crippen LogP contribution in [0, 0.1) is 0 Å². The quantitative estimate of drug-likeness (QED) is 0.148. The summed E-state index contributed by atoms with van der Waals surface area (Å²) < 4.78 is 5.58. The number of nitrogens with two attached hydrogens (primary N) is 1. The summed E-state index contributed by atoms with van der Waals surface area (Å²) in [5, 5.41) is 15.6. The Labute approximate surface area is 154 Å². The molecule has 0 saturated heterocycles. The summed E-state index contributed by atoms with van der Waals surface area (Å²) >= 11 is 0. The van der Waals surface area contributed by atoms with Crippen molar-refractivity contribution >= 4 is 17.8 Å². The number of carboxylic acid groups (broad SMARTS) is 2. The number of aromatic amines is 1. The highest BCUT2D eigenvalue weighted by atomic mass is 16.5. The van der Waals surface area contributed by atoms with Gasteiger partial charge in [0.2, 0.25) is 0 Å². The second-order valence-corrected chi connectivity index (χ2v) is 5.04. The Kier molecular flexibility index (Phi) is 9.36. The van der Waals surface area contributed by atoms with Gasteiger partial charge in [0.25, 0.3) is 5.91 Å². The van der Waals surface area contributed by atoms with Crippen LogP contribution < -0.4 is 16.0 Å². The lowest BCUT2D eigenvalue weighted by Crippen LogP contribution is -2.29. The average Bonchev–Trinajstić information content (AvgIpc) is 3.17. The largest absolute Gasteiger partial charge is 0.494 e. The number of carbonyl (C=O) groups is 3. The van der Waals surface area contributed by atoms with Crippen LogP contribution in [0.4, 0.5) is 0 Å². The lowest BCUT2D eigenvalue weighted by molar-refractivity contribution is -0.134. The fourth-order valence-corrected chi connectivity index (χ4v) is 1.80. The highest BCUT2D eigenvalue weighted by Gasteiger charge is 2.03. The lowest BCUT2D eigenvalue weighted by atomic mass is 10.2. The molecule has 0 atom stereocenters. The maximum Gasteiger partial charge on any atom is 0.328 e. The first-order valence-electron chi connectivity index (χ1n) is 7.77. The predicted octanol–water partition coefficient (Wildman–Crippen LogP) is 0.737. The zero-order valence-corrected chi connectivity index (χ0v) is 14.3. The Morgan fingerprint density at radius 1 is 1.15 bits per heavy atom. The molecule has 0 aliphatic heterocycles. The van der Waals surface area contributed by atoms with E-state index in [1.165, 1.54) is 0 Å². The van der Waals surface area contributed by atoms with Gasteiger partial charge in [0.05, 0.1) is 12.9 Å². The van der Waals surface area contributed by atoms with Gasteiger partial charge in [-0.2, -0.15) is 0 Å². The molecular weight excluding hydrogens is 356 g/mol. The van der Waals surface area contributed by atoms with Crippen LogP contribution in [-0.4, -0.2) is 44.6 Å². The van der Waals surface area contributed by atoms with Crippen molar-refractivity contribution in [2.75, 3.05) is 6.61 Å². The summed E-state index contributed by atoms with van der Waals surface area (Å²) in [6.07, 6.45) is 6.38. The van der Waals surface area contributed by atoms with E-state index < -0.39 is 11.9 Å². The van der Waals surface area contributed by atoms with E-state index in [0.717, 1.165) is 24.3 Å². The number of hydrazine groups is 1. The number of H-pyrrole nitrogens is 1. The SMILES string of the molecule is NNC(=O)c1ccc(OCCCc2cnc[nH]2)cc1.O=C(O)/C=C\C(=O)O. The zero-order valence-electron chi connectivity index (χ0n) is 14.3. The van der Waals surface area contributed by atoms with Crippen LogP contribution in [0.5, 0.6) is 5.75 Å². The number of hydrogen-bond donors (Lipinski definition) is 5. The van der Waals surface area contributed by atoms with Crippen LogP contribution in [0.1, 0.15) is 22.5 Å². The van der Waals surface area contributed by atoms with Gasteiger partial charge in [0.1, 0.15) is 5.75 Å². The molecule has 10 heteroatoms. The predicted molar refractivity (Wildman–Crippen MR) is 94.9 cm³/mol. The number of carboxylic acids is 2. The third-order valence-electron chi connectivity index (χ3n) is 3.03. The van der Waals surface area contributed by atoms with Gasteiger partial charge in [0, 0.05) is 29.6 Å². The van der Waals surface area contributed by atoms with E-state index in [2.05, 4.69) is 15.4 Å². The number of carbonyl (C=O) groups excluding carboxylic acids is 1. The first-order valence-corrected chi connectivity index (χ1v) is 7.77. The van der Waals surface area contributed by atoms with Crippen molar-refractivity contribution in [3.8, 4) is 5.75 Å². The molecule has 0 fully saturated rings. The molecule has 2 aromatic rings. The summed E-state index contributed by atoms with van der Waals surface area (Å²) in [6.45, 7) is 0.613. The Balaban J connectivity index is 0.000000387. The van der Waals surface area contributed by atoms with Crippen LogP contribution in [0.3, 0.4) is 0 Å². The van der Waals surface area contributed by atoms with E-state index >= 15 is 0 Å². The molecule has 6 N–H and O–H groups in total. The van der Waals surface area contributed by atoms with Gasteiger partial charge in [0.15, 0.2) is 0 Å². The molecule has 0 saturated carbocycles. The molecule has 0 aliphatic carbocycles. The van der Waals surface area contributed by atoms with E-state index in [9.17, 15) is 14.4 Å². The van der Waals surface area contributed by atoms with Gasteiger partial charge in [-0.05, 0) is 37.1 Å². The van der Waals surface area contributed by atoms with Crippen molar-refractivity contribution in [2.45, 2.75) is 12.8 Å². The Hall–Kier alpha value is -3.66. The van der Waals surface area contributed by atoms with Crippen molar-refractivity contribution in [1.82, 2.24) is 15.4 Å². The Morgan fingerprint density at radius 3 is 2.26 bits per heavy atom. The molecule has 1 amide bonds. The molecule has 1 heterocycles. The minimum Gasteiger partial charge on any atom is -0.494 e. The second-order valence-electron chi connectivity index (χ2n) is 5.04. The minimum atomic E-state index is -1.26. The highest BCUT2D eigenvalue weighted by molar-refractivity contribution is 5.93. The third-order valence-corrected chi connectivity index (χ3v) is 3.03. The molecule has 0 bridgehead atoms. The van der Waals surface area contributed by atoms with E-state index in [-0.39, 0.29) is 5.91 Å². The average molecular weight is 376 g/mol. The molecule has 10 nitrogen and oxygen atoms in total. The number of benzene rings is 1. The number of imidazole rings is 1. The van der Waals surface area contributed by atoms with Crippen LogP contribution in [0.15, 0.2) is 48.9 Å². The third kappa shape index (κ3) is 9.41. The summed E-state index contributed by atoms with van der Waals surface area (Å²) in [5.74, 6) is 2.95. The van der Waals surface area contributed by atoms with E-state index in [1.54, 1.807) is 36.8 Å². The van der Waals surface area contributed by atoms with Crippen LogP contribution in [0.25, 0.3) is 0 Å². The number of nitrogens with zero attached hydrogens (tertiary/aromatic N) is 1. The number of aromatic nitrogens is 2. The molecule has 0 radical (unpaired) electrons. The normalized spacial score (nSPS) is 9.96. The minimum absolute atomic E-state index is 0.314. The van der Waals surface area contributed by atoms with Crippen LogP contribution in [0.2, 0.25) is 0 Å².